The molecule has 0 aliphatic carbocycles. The average molecular weight is 188 g/mol. The van der Waals surface area contributed by atoms with Gasteiger partial charge in [-0.1, -0.05) is 0 Å². The van der Waals surface area contributed by atoms with E-state index in [1.165, 1.54) is 6.20 Å². The lowest BCUT2D eigenvalue weighted by Crippen LogP contribution is -2.01. The van der Waals surface area contributed by atoms with E-state index in [4.69, 9.17) is 5.73 Å². The van der Waals surface area contributed by atoms with Crippen LogP contribution < -0.4 is 5.73 Å². The maximum atomic E-state index is 11.5. The number of nitrogens with zero attached hydrogens (tertiary/aromatic N) is 1. The van der Waals surface area contributed by atoms with Gasteiger partial charge in [-0.3, -0.25) is 9.78 Å². The van der Waals surface area contributed by atoms with Crippen LogP contribution in [0.1, 0.15) is 30.3 Å². The number of nitrogen functional groups attached to an aromatic ring is 1. The lowest BCUT2D eigenvalue weighted by atomic mass is 10.1. The molecule has 0 unspecified atom stereocenters. The average Bonchev–Trinajstić information content (AvgIpc) is 2.19. The van der Waals surface area contributed by atoms with E-state index in [0.717, 1.165) is 0 Å². The second-order valence-corrected chi connectivity index (χ2v) is 2.83. The van der Waals surface area contributed by atoms with Crippen LogP contribution in [0.3, 0.4) is 0 Å². The van der Waals surface area contributed by atoms with Crippen LogP contribution in [0.5, 0.6) is 0 Å². The zero-order valence-electron chi connectivity index (χ0n) is 8.08. The predicted octanol–water partition coefficient (Wildman–Crippen LogP) is 1.65. The van der Waals surface area contributed by atoms with Gasteiger partial charge in [0.15, 0.2) is 5.78 Å². The molecule has 0 aliphatic heterocycles. The molecule has 1 aromatic rings. The first-order valence-electron chi connectivity index (χ1n) is 4.38. The Hall–Kier alpha value is -1.82. The molecule has 1 rings (SSSR count). The molecule has 14 heavy (non-hydrogen) atoms. The van der Waals surface area contributed by atoms with Crippen LogP contribution in [0.15, 0.2) is 18.3 Å². The van der Waals surface area contributed by atoms with Crippen molar-refractivity contribution in [2.75, 3.05) is 5.73 Å². The molecule has 3 heteroatoms. The van der Waals surface area contributed by atoms with E-state index < -0.39 is 0 Å². The van der Waals surface area contributed by atoms with Crippen molar-refractivity contribution in [3.63, 3.8) is 0 Å². The third-order valence-corrected chi connectivity index (χ3v) is 1.73. The van der Waals surface area contributed by atoms with Gasteiger partial charge in [-0.15, -0.1) is 11.8 Å². The summed E-state index contributed by atoms with van der Waals surface area (Å²) in [5, 5.41) is 0. The molecule has 0 saturated heterocycles. The number of pyridine rings is 1. The van der Waals surface area contributed by atoms with E-state index >= 15 is 0 Å². The number of nitrogens with two attached hydrogens (primary N) is 1. The van der Waals surface area contributed by atoms with Crippen LogP contribution in [0.4, 0.5) is 5.69 Å². The van der Waals surface area contributed by atoms with Crippen LogP contribution in [-0.4, -0.2) is 10.8 Å². The minimum Gasteiger partial charge on any atom is -0.397 e. The molecule has 0 radical (unpaired) electrons. The quantitative estimate of drug-likeness (QED) is 0.579. The molecular weight excluding hydrogens is 176 g/mol. The fourth-order valence-corrected chi connectivity index (χ4v) is 0.999. The Bertz CT molecular complexity index is 371. The normalized spacial score (nSPS) is 8.93. The van der Waals surface area contributed by atoms with Crippen molar-refractivity contribution < 1.29 is 4.79 Å². The topological polar surface area (TPSA) is 56.0 Å². The second-order valence-electron chi connectivity index (χ2n) is 2.83. The molecule has 0 spiro atoms. The fourth-order valence-electron chi connectivity index (χ4n) is 0.999. The van der Waals surface area contributed by atoms with E-state index in [0.29, 0.717) is 24.2 Å². The largest absolute Gasteiger partial charge is 0.397 e. The SMILES string of the molecule is CC#CCCC(=O)c1ccc(N)cn1. The van der Waals surface area contributed by atoms with Gasteiger partial charge in [-0.25, -0.2) is 0 Å². The van der Waals surface area contributed by atoms with Crippen molar-refractivity contribution in [3.8, 4) is 11.8 Å². The Labute approximate surface area is 83.3 Å². The standard InChI is InChI=1S/C11H12N2O/c1-2-3-4-5-11(14)10-7-6-9(12)8-13-10/h6-8H,4-5,12H2,1H3. The highest BCUT2D eigenvalue weighted by Crippen LogP contribution is 2.04. The minimum atomic E-state index is 0.00718. The Balaban J connectivity index is 2.59. The Kier molecular flexibility index (Phi) is 3.69. The van der Waals surface area contributed by atoms with Crippen molar-refractivity contribution in [2.45, 2.75) is 19.8 Å². The summed E-state index contributed by atoms with van der Waals surface area (Å²) in [5.74, 6) is 5.59. The number of Topliss-reactive ketones (excluding diaryl/α,β-unsaturated/α-hetero) is 1. The molecule has 0 saturated carbocycles. The number of hydrogen-bond acceptors (Lipinski definition) is 3. The molecule has 1 heterocycles. The van der Waals surface area contributed by atoms with Crippen molar-refractivity contribution in [1.29, 1.82) is 0 Å². The van der Waals surface area contributed by atoms with E-state index in [9.17, 15) is 4.79 Å². The van der Waals surface area contributed by atoms with E-state index in [-0.39, 0.29) is 5.78 Å². The van der Waals surface area contributed by atoms with Gasteiger partial charge in [0.1, 0.15) is 5.69 Å². The van der Waals surface area contributed by atoms with Gasteiger partial charge in [-0.2, -0.15) is 0 Å². The van der Waals surface area contributed by atoms with Crippen molar-refractivity contribution in [3.05, 3.63) is 24.0 Å². The molecule has 3 nitrogen and oxygen atoms in total. The van der Waals surface area contributed by atoms with Crippen LogP contribution in [-0.2, 0) is 0 Å². The summed E-state index contributed by atoms with van der Waals surface area (Å²) < 4.78 is 0. The molecule has 72 valence electrons. The third kappa shape index (κ3) is 2.91. The molecule has 0 atom stereocenters. The molecule has 0 aliphatic rings. The first-order chi connectivity index (χ1) is 6.74. The Morgan fingerprint density at radius 1 is 1.57 bits per heavy atom. The van der Waals surface area contributed by atoms with Gasteiger partial charge >= 0.3 is 0 Å². The lowest BCUT2D eigenvalue weighted by Gasteiger charge is -1.97. The monoisotopic (exact) mass is 188 g/mol. The zero-order valence-corrected chi connectivity index (χ0v) is 8.08. The summed E-state index contributed by atoms with van der Waals surface area (Å²) in [7, 11) is 0. The first kappa shape index (κ1) is 10.3. The number of ketones is 1. The Morgan fingerprint density at radius 3 is 2.93 bits per heavy atom. The number of hydrogen-bond donors (Lipinski definition) is 1. The van der Waals surface area contributed by atoms with Gasteiger partial charge < -0.3 is 5.73 Å². The van der Waals surface area contributed by atoms with E-state index in [1.54, 1.807) is 19.1 Å². The predicted molar refractivity (Wildman–Crippen MR) is 55.7 cm³/mol. The maximum absolute atomic E-state index is 11.5. The van der Waals surface area contributed by atoms with Gasteiger partial charge in [-0.05, 0) is 19.1 Å². The van der Waals surface area contributed by atoms with Gasteiger partial charge in [0.2, 0.25) is 0 Å². The number of anilines is 1. The smallest absolute Gasteiger partial charge is 0.182 e. The van der Waals surface area contributed by atoms with Gasteiger partial charge in [0.05, 0.1) is 11.9 Å². The lowest BCUT2D eigenvalue weighted by molar-refractivity contribution is 0.0979. The summed E-state index contributed by atoms with van der Waals surface area (Å²) in [6.45, 7) is 1.76. The van der Waals surface area contributed by atoms with Crippen LogP contribution >= 0.6 is 0 Å². The first-order valence-corrected chi connectivity index (χ1v) is 4.38. The third-order valence-electron chi connectivity index (χ3n) is 1.73. The second kappa shape index (κ2) is 5.03. The summed E-state index contributed by atoms with van der Waals surface area (Å²) in [5.41, 5.74) is 6.47. The van der Waals surface area contributed by atoms with Crippen molar-refractivity contribution in [1.82, 2.24) is 4.98 Å². The number of carbonyl (C=O) groups is 1. The van der Waals surface area contributed by atoms with Crippen LogP contribution in [0, 0.1) is 11.8 Å². The van der Waals surface area contributed by atoms with Gasteiger partial charge in [0.25, 0.3) is 0 Å². The van der Waals surface area contributed by atoms with Crippen LogP contribution in [0.25, 0.3) is 0 Å². The minimum absolute atomic E-state index is 0.00718. The molecule has 2 N–H and O–H groups in total. The highest BCUT2D eigenvalue weighted by atomic mass is 16.1. The maximum Gasteiger partial charge on any atom is 0.182 e. The fraction of sp³-hybridized carbons (Fsp3) is 0.273. The number of aromatic nitrogens is 1. The molecule has 0 fully saturated rings. The van der Waals surface area contributed by atoms with Crippen LogP contribution in [0.2, 0.25) is 0 Å². The van der Waals surface area contributed by atoms with Gasteiger partial charge in [0, 0.05) is 12.8 Å². The van der Waals surface area contributed by atoms with Crippen molar-refractivity contribution in [2.24, 2.45) is 0 Å². The summed E-state index contributed by atoms with van der Waals surface area (Å²) >= 11 is 0. The summed E-state index contributed by atoms with van der Waals surface area (Å²) in [6, 6.07) is 3.31. The Morgan fingerprint density at radius 2 is 2.36 bits per heavy atom. The number of carbonyl (C=O) groups excluding carboxylic acids is 1. The molecular formula is C11H12N2O. The van der Waals surface area contributed by atoms with E-state index in [1.807, 2.05) is 0 Å². The number of rotatable bonds is 3. The molecule has 0 amide bonds. The molecule has 0 aromatic carbocycles. The zero-order chi connectivity index (χ0) is 10.4. The summed E-state index contributed by atoms with van der Waals surface area (Å²) in [4.78, 5) is 15.4. The van der Waals surface area contributed by atoms with Crippen molar-refractivity contribution >= 4 is 11.5 Å². The van der Waals surface area contributed by atoms with E-state index in [2.05, 4.69) is 16.8 Å². The summed E-state index contributed by atoms with van der Waals surface area (Å²) in [6.07, 6.45) is 2.48. The molecule has 1 aromatic heterocycles. The molecule has 0 bridgehead atoms. The highest BCUT2D eigenvalue weighted by molar-refractivity contribution is 5.94. The highest BCUT2D eigenvalue weighted by Gasteiger charge is 2.05.